The van der Waals surface area contributed by atoms with Crippen molar-refractivity contribution in [3.05, 3.63) is 53.3 Å². The predicted octanol–water partition coefficient (Wildman–Crippen LogP) is 2.80. The molecule has 3 N–H and O–H groups in total. The maximum atomic E-state index is 13.5. The summed E-state index contributed by atoms with van der Waals surface area (Å²) in [6.07, 6.45) is 0. The van der Waals surface area contributed by atoms with Gasteiger partial charge in [-0.1, -0.05) is 6.07 Å². The Kier molecular flexibility index (Phi) is 3.82. The highest BCUT2D eigenvalue weighted by molar-refractivity contribution is 7.92. The van der Waals surface area contributed by atoms with E-state index in [4.69, 9.17) is 5.73 Å². The molecule has 8 heteroatoms. The predicted molar refractivity (Wildman–Crippen MR) is 72.7 cm³/mol. The SMILES string of the molecule is Cc1c(F)cc(N)cc1S(=O)(=O)Nc1cccc(F)c1F. The zero-order valence-corrected chi connectivity index (χ0v) is 11.6. The van der Waals surface area contributed by atoms with Gasteiger partial charge in [0.25, 0.3) is 10.0 Å². The van der Waals surface area contributed by atoms with Crippen molar-refractivity contribution in [2.45, 2.75) is 11.8 Å². The summed E-state index contributed by atoms with van der Waals surface area (Å²) < 4.78 is 66.3. The van der Waals surface area contributed by atoms with Gasteiger partial charge < -0.3 is 5.73 Å². The molecule has 21 heavy (non-hydrogen) atoms. The van der Waals surface area contributed by atoms with E-state index < -0.39 is 38.1 Å². The lowest BCUT2D eigenvalue weighted by Crippen LogP contribution is -2.16. The minimum Gasteiger partial charge on any atom is -0.399 e. The van der Waals surface area contributed by atoms with Gasteiger partial charge in [0.2, 0.25) is 0 Å². The van der Waals surface area contributed by atoms with Crippen molar-refractivity contribution in [2.75, 3.05) is 10.5 Å². The van der Waals surface area contributed by atoms with Crippen molar-refractivity contribution >= 4 is 21.4 Å². The number of nitrogen functional groups attached to an aromatic ring is 1. The van der Waals surface area contributed by atoms with Crippen LogP contribution in [-0.4, -0.2) is 8.42 Å². The second kappa shape index (κ2) is 5.28. The molecular formula is C13H11F3N2O2S. The summed E-state index contributed by atoms with van der Waals surface area (Å²) in [7, 11) is -4.30. The van der Waals surface area contributed by atoms with Gasteiger partial charge in [0.15, 0.2) is 11.6 Å². The van der Waals surface area contributed by atoms with Gasteiger partial charge in [-0.3, -0.25) is 4.72 Å². The zero-order chi connectivity index (χ0) is 15.8. The molecule has 2 aromatic rings. The Balaban J connectivity index is 2.51. The molecule has 4 nitrogen and oxygen atoms in total. The standard InChI is InChI=1S/C13H11F3N2O2S/c1-7-10(15)5-8(17)6-12(7)21(19,20)18-11-4-2-3-9(14)13(11)16/h2-6,18H,17H2,1H3. The van der Waals surface area contributed by atoms with E-state index in [1.165, 1.54) is 6.92 Å². The van der Waals surface area contributed by atoms with Crippen molar-refractivity contribution in [3.8, 4) is 0 Å². The Morgan fingerprint density at radius 1 is 1.10 bits per heavy atom. The van der Waals surface area contributed by atoms with Crippen LogP contribution in [0.15, 0.2) is 35.2 Å². The fourth-order valence-corrected chi connectivity index (χ4v) is 3.08. The molecular weight excluding hydrogens is 305 g/mol. The highest BCUT2D eigenvalue weighted by Crippen LogP contribution is 2.25. The molecule has 0 fully saturated rings. The van der Waals surface area contributed by atoms with E-state index in [-0.39, 0.29) is 11.3 Å². The van der Waals surface area contributed by atoms with Crippen LogP contribution < -0.4 is 10.5 Å². The molecule has 0 aliphatic heterocycles. The molecule has 0 heterocycles. The van der Waals surface area contributed by atoms with Crippen LogP contribution in [0.2, 0.25) is 0 Å². The summed E-state index contributed by atoms with van der Waals surface area (Å²) >= 11 is 0. The van der Waals surface area contributed by atoms with Gasteiger partial charge >= 0.3 is 0 Å². The summed E-state index contributed by atoms with van der Waals surface area (Å²) in [6, 6.07) is 5.05. The minimum atomic E-state index is -4.30. The van der Waals surface area contributed by atoms with Crippen molar-refractivity contribution in [1.82, 2.24) is 0 Å². The number of sulfonamides is 1. The first-order valence-electron chi connectivity index (χ1n) is 5.75. The van der Waals surface area contributed by atoms with Crippen LogP contribution in [0.4, 0.5) is 24.5 Å². The lowest BCUT2D eigenvalue weighted by molar-refractivity contribution is 0.511. The number of anilines is 2. The van der Waals surface area contributed by atoms with Crippen LogP contribution in [-0.2, 0) is 10.0 Å². The number of hydrogen-bond acceptors (Lipinski definition) is 3. The van der Waals surface area contributed by atoms with E-state index >= 15 is 0 Å². The number of nitrogens with two attached hydrogens (primary N) is 1. The lowest BCUT2D eigenvalue weighted by Gasteiger charge is -2.12. The van der Waals surface area contributed by atoms with E-state index in [0.717, 1.165) is 30.3 Å². The number of benzene rings is 2. The summed E-state index contributed by atoms with van der Waals surface area (Å²) in [5.74, 6) is -3.36. The van der Waals surface area contributed by atoms with E-state index in [2.05, 4.69) is 0 Å². The molecule has 0 saturated carbocycles. The van der Waals surface area contributed by atoms with Gasteiger partial charge in [0, 0.05) is 11.3 Å². The first kappa shape index (κ1) is 15.2. The summed E-state index contributed by atoms with van der Waals surface area (Å²) in [6.45, 7) is 1.24. The summed E-state index contributed by atoms with van der Waals surface area (Å²) in [5.41, 5.74) is 4.56. The molecule has 0 aliphatic rings. The third-order valence-electron chi connectivity index (χ3n) is 2.80. The van der Waals surface area contributed by atoms with Crippen molar-refractivity contribution < 1.29 is 21.6 Å². The second-order valence-electron chi connectivity index (χ2n) is 4.33. The fourth-order valence-electron chi connectivity index (χ4n) is 1.74. The number of halogens is 3. The largest absolute Gasteiger partial charge is 0.399 e. The molecule has 0 bridgehead atoms. The minimum absolute atomic E-state index is 0.0989. The molecule has 0 aliphatic carbocycles. The Bertz CT molecular complexity index is 807. The summed E-state index contributed by atoms with van der Waals surface area (Å²) in [5, 5.41) is 0. The maximum Gasteiger partial charge on any atom is 0.262 e. The van der Waals surface area contributed by atoms with Crippen molar-refractivity contribution in [2.24, 2.45) is 0 Å². The van der Waals surface area contributed by atoms with Crippen LogP contribution in [0.1, 0.15) is 5.56 Å². The van der Waals surface area contributed by atoms with E-state index in [1.54, 1.807) is 0 Å². The van der Waals surface area contributed by atoms with E-state index in [9.17, 15) is 21.6 Å². The van der Waals surface area contributed by atoms with E-state index in [0.29, 0.717) is 0 Å². The first-order valence-corrected chi connectivity index (χ1v) is 7.23. The molecule has 2 aromatic carbocycles. The molecule has 0 atom stereocenters. The Morgan fingerprint density at radius 3 is 2.43 bits per heavy atom. The first-order chi connectivity index (χ1) is 9.72. The molecule has 0 saturated heterocycles. The third-order valence-corrected chi connectivity index (χ3v) is 4.30. The Hall–Kier alpha value is -2.22. The third kappa shape index (κ3) is 2.94. The molecule has 0 unspecified atom stereocenters. The molecule has 0 radical (unpaired) electrons. The zero-order valence-electron chi connectivity index (χ0n) is 10.8. The van der Waals surface area contributed by atoms with Crippen LogP contribution in [0.5, 0.6) is 0 Å². The van der Waals surface area contributed by atoms with Gasteiger partial charge in [-0.25, -0.2) is 21.6 Å². The average Bonchev–Trinajstić information content (AvgIpc) is 2.39. The van der Waals surface area contributed by atoms with Gasteiger partial charge in [0.05, 0.1) is 10.6 Å². The summed E-state index contributed by atoms with van der Waals surface area (Å²) in [4.78, 5) is -0.441. The van der Waals surface area contributed by atoms with Gasteiger partial charge in [-0.2, -0.15) is 0 Å². The number of nitrogens with one attached hydrogen (secondary N) is 1. The number of rotatable bonds is 3. The van der Waals surface area contributed by atoms with Crippen LogP contribution >= 0.6 is 0 Å². The fraction of sp³-hybridized carbons (Fsp3) is 0.0769. The van der Waals surface area contributed by atoms with Crippen LogP contribution in [0.25, 0.3) is 0 Å². The Labute approximate surface area is 119 Å². The topological polar surface area (TPSA) is 72.2 Å². The van der Waals surface area contributed by atoms with Crippen molar-refractivity contribution in [1.29, 1.82) is 0 Å². The smallest absolute Gasteiger partial charge is 0.262 e. The normalized spacial score (nSPS) is 11.4. The highest BCUT2D eigenvalue weighted by Gasteiger charge is 2.22. The molecule has 0 aromatic heterocycles. The lowest BCUT2D eigenvalue weighted by atomic mass is 10.2. The molecule has 2 rings (SSSR count). The highest BCUT2D eigenvalue weighted by atomic mass is 32.2. The molecule has 112 valence electrons. The molecule has 0 amide bonds. The number of hydrogen-bond donors (Lipinski definition) is 2. The van der Waals surface area contributed by atoms with Crippen LogP contribution in [0, 0.1) is 24.4 Å². The Morgan fingerprint density at radius 2 is 1.76 bits per heavy atom. The maximum absolute atomic E-state index is 13.5. The average molecular weight is 316 g/mol. The quantitative estimate of drug-likeness (QED) is 0.855. The van der Waals surface area contributed by atoms with Gasteiger partial charge in [0.1, 0.15) is 5.82 Å². The van der Waals surface area contributed by atoms with Crippen LogP contribution in [0.3, 0.4) is 0 Å². The monoisotopic (exact) mass is 316 g/mol. The van der Waals surface area contributed by atoms with Gasteiger partial charge in [-0.05, 0) is 31.2 Å². The molecule has 0 spiro atoms. The van der Waals surface area contributed by atoms with E-state index in [1.807, 2.05) is 4.72 Å². The van der Waals surface area contributed by atoms with Gasteiger partial charge in [-0.15, -0.1) is 0 Å². The second-order valence-corrected chi connectivity index (χ2v) is 5.98. The van der Waals surface area contributed by atoms with Crippen molar-refractivity contribution in [3.63, 3.8) is 0 Å².